The molecule has 0 saturated carbocycles. The number of unbranched alkanes of at least 4 members (excludes halogenated alkanes) is 3. The van der Waals surface area contributed by atoms with Gasteiger partial charge in [-0.15, -0.1) is 0 Å². The zero-order valence-corrected chi connectivity index (χ0v) is 29.6. The van der Waals surface area contributed by atoms with Gasteiger partial charge in [0.15, 0.2) is 12.1 Å². The van der Waals surface area contributed by atoms with Crippen molar-refractivity contribution in [2.75, 3.05) is 11.1 Å². The number of hydrogen-bond acceptors (Lipinski definition) is 10. The lowest BCUT2D eigenvalue weighted by molar-refractivity contribution is -0.245. The Labute approximate surface area is 307 Å². The maximum absolute atomic E-state index is 12.6. The van der Waals surface area contributed by atoms with E-state index in [1.54, 1.807) is 0 Å². The Morgan fingerprint density at radius 2 is 1.46 bits per heavy atom. The number of oxazole rings is 1. The molecule has 0 unspecified atom stereocenters. The van der Waals surface area contributed by atoms with Gasteiger partial charge in [-0.1, -0.05) is 122 Å². The molecule has 0 aliphatic carbocycles. The van der Waals surface area contributed by atoms with E-state index in [2.05, 4.69) is 10.2 Å². The summed E-state index contributed by atoms with van der Waals surface area (Å²) in [4.78, 5) is 32.8. The quantitative estimate of drug-likeness (QED) is 0.0515. The minimum absolute atomic E-state index is 0.0288. The van der Waals surface area contributed by atoms with Gasteiger partial charge in [-0.3, -0.25) is 9.59 Å². The van der Waals surface area contributed by atoms with E-state index in [-0.39, 0.29) is 31.1 Å². The molecular weight excluding hydrogens is 679 g/mol. The Morgan fingerprint density at radius 3 is 2.13 bits per heavy atom. The van der Waals surface area contributed by atoms with Gasteiger partial charge in [-0.25, -0.2) is 4.98 Å². The van der Waals surface area contributed by atoms with Gasteiger partial charge in [-0.05, 0) is 36.1 Å². The largest absolute Gasteiger partial charge is 0.431 e. The molecule has 1 aliphatic rings. The molecule has 1 aromatic heterocycles. The normalized spacial score (nSPS) is 17.1. The first-order chi connectivity index (χ1) is 25.5. The topological polar surface area (TPSA) is 146 Å². The van der Waals surface area contributed by atoms with Gasteiger partial charge in [0.1, 0.15) is 5.69 Å². The van der Waals surface area contributed by atoms with Crippen molar-refractivity contribution in [2.45, 2.75) is 75.3 Å². The minimum Gasteiger partial charge on any atom is -0.431 e. The molecule has 2 heterocycles. The van der Waals surface area contributed by atoms with E-state index in [1.807, 2.05) is 109 Å². The number of nitrogens with one attached hydrogen (secondary N) is 1. The van der Waals surface area contributed by atoms with E-state index < -0.39 is 12.3 Å². The van der Waals surface area contributed by atoms with E-state index in [9.17, 15) is 14.7 Å². The minimum atomic E-state index is -0.646. The van der Waals surface area contributed by atoms with Crippen LogP contribution in [0.15, 0.2) is 119 Å². The second kappa shape index (κ2) is 18.6. The molecule has 0 radical (unpaired) electrons. The van der Waals surface area contributed by atoms with Crippen molar-refractivity contribution >= 4 is 29.3 Å². The molecule has 5 aromatic rings. The van der Waals surface area contributed by atoms with Gasteiger partial charge in [0.05, 0.1) is 18.8 Å². The van der Waals surface area contributed by atoms with Gasteiger partial charge < -0.3 is 29.2 Å². The van der Waals surface area contributed by atoms with Crippen LogP contribution in [0.3, 0.4) is 0 Å². The lowest BCUT2D eigenvalue weighted by Gasteiger charge is -2.36. The standard InChI is InChI=1S/C41H43N3O7S/c42-51-37(47)16-10-2-1-9-15-36(46)43-33-23-21-32(22-24-33)40-48-34(25-35(49-40)29-19-17-28(26-45)18-20-29)27-52-41-44-38(30-11-5-3-6-12-30)39(50-41)31-13-7-4-8-14-31/h3-8,11-14,17-24,34-35,40,45H,1-2,9-10,15-16,25-27,42H2,(H,43,46)/t34-,35+,40+/m1/s1. The molecule has 11 heteroatoms. The summed E-state index contributed by atoms with van der Waals surface area (Å²) in [5, 5.41) is 13.1. The summed E-state index contributed by atoms with van der Waals surface area (Å²) in [6.07, 6.45) is 3.26. The summed E-state index contributed by atoms with van der Waals surface area (Å²) in [7, 11) is 0. The molecule has 3 atom stereocenters. The third kappa shape index (κ3) is 10.2. The Hall–Kier alpha value is -4.78. The first kappa shape index (κ1) is 37.0. The van der Waals surface area contributed by atoms with Gasteiger partial charge in [0.25, 0.3) is 5.22 Å². The van der Waals surface area contributed by atoms with Crippen LogP contribution < -0.4 is 11.2 Å². The molecule has 1 fully saturated rings. The Kier molecular flexibility index (Phi) is 13.3. The summed E-state index contributed by atoms with van der Waals surface area (Å²) in [5.41, 5.74) is 6.07. The number of aliphatic hydroxyl groups excluding tert-OH is 1. The SMILES string of the molecule is NOC(=O)CCCCCCC(=O)Nc1ccc([C@H]2O[C@@H](CSc3nc(-c4ccccc4)c(-c4ccccc4)o3)C[C@@H](c3ccc(CO)cc3)O2)cc1. The highest BCUT2D eigenvalue weighted by Crippen LogP contribution is 2.41. The number of hydrogen-bond donors (Lipinski definition) is 3. The number of nitrogens with two attached hydrogens (primary N) is 1. The monoisotopic (exact) mass is 721 g/mol. The molecule has 270 valence electrons. The van der Waals surface area contributed by atoms with Gasteiger partial charge in [0, 0.05) is 47.4 Å². The number of aliphatic hydroxyl groups is 1. The van der Waals surface area contributed by atoms with E-state index in [0.29, 0.717) is 35.9 Å². The van der Waals surface area contributed by atoms with Crippen LogP contribution in [0.2, 0.25) is 0 Å². The summed E-state index contributed by atoms with van der Waals surface area (Å²) in [6, 6.07) is 35.3. The summed E-state index contributed by atoms with van der Waals surface area (Å²) >= 11 is 1.51. The maximum Gasteiger partial charge on any atom is 0.324 e. The van der Waals surface area contributed by atoms with Crippen molar-refractivity contribution in [3.63, 3.8) is 0 Å². The zero-order chi connectivity index (χ0) is 36.1. The molecule has 10 nitrogen and oxygen atoms in total. The smallest absolute Gasteiger partial charge is 0.324 e. The highest BCUT2D eigenvalue weighted by Gasteiger charge is 2.33. The van der Waals surface area contributed by atoms with E-state index in [0.717, 1.165) is 58.5 Å². The lowest BCUT2D eigenvalue weighted by atomic mass is 10.0. The van der Waals surface area contributed by atoms with Crippen molar-refractivity contribution in [3.05, 3.63) is 126 Å². The number of nitrogens with zero attached hydrogens (tertiary/aromatic N) is 1. The van der Waals surface area contributed by atoms with Crippen molar-refractivity contribution in [3.8, 4) is 22.6 Å². The number of anilines is 1. The summed E-state index contributed by atoms with van der Waals surface area (Å²) < 4.78 is 19.5. The fourth-order valence-electron chi connectivity index (χ4n) is 6.04. The van der Waals surface area contributed by atoms with E-state index in [4.69, 9.17) is 24.8 Å². The Balaban J connectivity index is 1.12. The second-order valence-corrected chi connectivity index (χ2v) is 13.6. The highest BCUT2D eigenvalue weighted by atomic mass is 32.2. The molecular formula is C41H43N3O7S. The number of aromatic nitrogens is 1. The number of thioether (sulfide) groups is 1. The van der Waals surface area contributed by atoms with Crippen LogP contribution in [-0.2, 0) is 30.5 Å². The van der Waals surface area contributed by atoms with Gasteiger partial charge in [-0.2, -0.15) is 5.90 Å². The molecule has 0 bridgehead atoms. The van der Waals surface area contributed by atoms with E-state index >= 15 is 0 Å². The second-order valence-electron chi connectivity index (χ2n) is 12.6. The van der Waals surface area contributed by atoms with Crippen LogP contribution in [0.1, 0.15) is 74.0 Å². The van der Waals surface area contributed by atoms with Crippen LogP contribution in [-0.4, -0.2) is 33.8 Å². The highest BCUT2D eigenvalue weighted by molar-refractivity contribution is 7.99. The van der Waals surface area contributed by atoms with Crippen molar-refractivity contribution in [2.24, 2.45) is 5.90 Å². The zero-order valence-electron chi connectivity index (χ0n) is 28.8. The molecule has 4 aromatic carbocycles. The third-order valence-electron chi connectivity index (χ3n) is 8.83. The first-order valence-corrected chi connectivity index (χ1v) is 18.5. The summed E-state index contributed by atoms with van der Waals surface area (Å²) in [5.74, 6) is 5.67. The van der Waals surface area contributed by atoms with Crippen LogP contribution in [0, 0.1) is 0 Å². The lowest BCUT2D eigenvalue weighted by Crippen LogP contribution is -2.31. The Morgan fingerprint density at radius 1 is 0.808 bits per heavy atom. The van der Waals surface area contributed by atoms with Crippen molar-refractivity contribution in [1.29, 1.82) is 0 Å². The molecule has 0 spiro atoms. The van der Waals surface area contributed by atoms with E-state index in [1.165, 1.54) is 11.8 Å². The molecule has 6 rings (SSSR count). The summed E-state index contributed by atoms with van der Waals surface area (Å²) in [6.45, 7) is -0.0288. The number of amides is 1. The van der Waals surface area contributed by atoms with Crippen LogP contribution >= 0.6 is 11.8 Å². The predicted molar refractivity (Wildman–Crippen MR) is 200 cm³/mol. The number of rotatable bonds is 16. The number of ether oxygens (including phenoxy) is 2. The molecule has 52 heavy (non-hydrogen) atoms. The van der Waals surface area contributed by atoms with Crippen molar-refractivity contribution < 1.29 is 33.4 Å². The fourth-order valence-corrected chi connectivity index (χ4v) is 6.88. The number of benzene rings is 4. The van der Waals surface area contributed by atoms with Crippen molar-refractivity contribution in [1.82, 2.24) is 4.98 Å². The maximum atomic E-state index is 12.6. The van der Waals surface area contributed by atoms with Crippen LogP contribution in [0.4, 0.5) is 5.69 Å². The number of carbonyl (C=O) groups excluding carboxylic acids is 2. The molecule has 1 amide bonds. The number of carbonyl (C=O) groups is 2. The predicted octanol–water partition coefficient (Wildman–Crippen LogP) is 8.53. The average Bonchev–Trinajstić information content (AvgIpc) is 3.63. The van der Waals surface area contributed by atoms with Gasteiger partial charge in [0.2, 0.25) is 5.91 Å². The third-order valence-corrected chi connectivity index (χ3v) is 9.79. The van der Waals surface area contributed by atoms with Crippen LogP contribution in [0.25, 0.3) is 22.6 Å². The molecule has 1 aliphatic heterocycles. The Bertz CT molecular complexity index is 1810. The average molecular weight is 722 g/mol. The first-order valence-electron chi connectivity index (χ1n) is 17.5. The van der Waals surface area contributed by atoms with Gasteiger partial charge >= 0.3 is 5.97 Å². The van der Waals surface area contributed by atoms with Crippen LogP contribution in [0.5, 0.6) is 0 Å². The molecule has 1 saturated heterocycles. The fraction of sp³-hybridized carbons (Fsp3) is 0.293. The molecule has 4 N–H and O–H groups in total.